The molecule has 0 spiro atoms. The van der Waals surface area contributed by atoms with Crippen molar-refractivity contribution in [2.45, 2.75) is 18.8 Å². The van der Waals surface area contributed by atoms with Gasteiger partial charge < -0.3 is 9.80 Å². The van der Waals surface area contributed by atoms with E-state index in [0.717, 1.165) is 24.2 Å². The summed E-state index contributed by atoms with van der Waals surface area (Å²) in [5, 5.41) is 4.74. The molecule has 29 heavy (non-hydrogen) atoms. The summed E-state index contributed by atoms with van der Waals surface area (Å²) in [6.45, 7) is 2.35. The second-order valence-corrected chi connectivity index (χ2v) is 7.71. The Balaban J connectivity index is 1.37. The van der Waals surface area contributed by atoms with Gasteiger partial charge in [-0.1, -0.05) is 30.3 Å². The lowest BCUT2D eigenvalue weighted by Crippen LogP contribution is -2.49. The molecule has 2 fully saturated rings. The van der Waals surface area contributed by atoms with Crippen molar-refractivity contribution in [1.82, 2.24) is 14.7 Å². The third-order valence-electron chi connectivity index (χ3n) is 5.70. The van der Waals surface area contributed by atoms with Gasteiger partial charge in [0.05, 0.1) is 17.1 Å². The van der Waals surface area contributed by atoms with Crippen molar-refractivity contribution in [3.63, 3.8) is 0 Å². The first-order chi connectivity index (χ1) is 14.2. The predicted molar refractivity (Wildman–Crippen MR) is 110 cm³/mol. The summed E-state index contributed by atoms with van der Waals surface area (Å²) >= 11 is 0. The highest BCUT2D eigenvalue weighted by Crippen LogP contribution is 2.40. The van der Waals surface area contributed by atoms with E-state index in [0.29, 0.717) is 43.5 Å². The molecule has 5 rings (SSSR count). The van der Waals surface area contributed by atoms with Crippen LogP contribution in [0.3, 0.4) is 0 Å². The molecular weight excluding hydrogens is 367 g/mol. The fourth-order valence-electron chi connectivity index (χ4n) is 3.92. The fourth-order valence-corrected chi connectivity index (χ4v) is 3.92. The van der Waals surface area contributed by atoms with Gasteiger partial charge in [-0.15, -0.1) is 0 Å². The molecule has 0 N–H and O–H groups in total. The van der Waals surface area contributed by atoms with Crippen LogP contribution in [0.25, 0.3) is 5.69 Å². The Labute approximate surface area is 169 Å². The third-order valence-corrected chi connectivity index (χ3v) is 5.70. The maximum absolute atomic E-state index is 14.1. The SMILES string of the molecule is O=C(c1cc(C2CC2)nn1-c1ccccc1)N1CCN(c2ccccc2F)CC1. The number of amides is 1. The average Bonchev–Trinajstić information content (AvgIpc) is 3.53. The summed E-state index contributed by atoms with van der Waals surface area (Å²) in [6, 6.07) is 18.6. The van der Waals surface area contributed by atoms with E-state index in [2.05, 4.69) is 0 Å². The molecule has 1 saturated carbocycles. The number of nitrogens with zero attached hydrogens (tertiary/aromatic N) is 4. The highest BCUT2D eigenvalue weighted by Gasteiger charge is 2.31. The normalized spacial score (nSPS) is 16.9. The van der Waals surface area contributed by atoms with Crippen LogP contribution in [0.1, 0.15) is 34.9 Å². The number of carbonyl (C=O) groups is 1. The van der Waals surface area contributed by atoms with Crippen LogP contribution in [0.5, 0.6) is 0 Å². The number of aromatic nitrogens is 2. The quantitative estimate of drug-likeness (QED) is 0.680. The lowest BCUT2D eigenvalue weighted by Gasteiger charge is -2.36. The van der Waals surface area contributed by atoms with Crippen LogP contribution in [-0.4, -0.2) is 46.8 Å². The first-order valence-corrected chi connectivity index (χ1v) is 10.1. The van der Waals surface area contributed by atoms with Gasteiger partial charge in [-0.2, -0.15) is 5.10 Å². The van der Waals surface area contributed by atoms with Crippen LogP contribution in [0.4, 0.5) is 10.1 Å². The molecule has 0 radical (unpaired) electrons. The molecule has 0 atom stereocenters. The molecule has 2 aliphatic rings. The van der Waals surface area contributed by atoms with Gasteiger partial charge in [-0.05, 0) is 43.2 Å². The van der Waals surface area contributed by atoms with Crippen molar-refractivity contribution in [2.75, 3.05) is 31.1 Å². The molecule has 148 valence electrons. The van der Waals surface area contributed by atoms with Crippen LogP contribution in [0.15, 0.2) is 60.7 Å². The summed E-state index contributed by atoms with van der Waals surface area (Å²) < 4.78 is 15.9. The molecule has 3 aromatic rings. The Morgan fingerprint density at radius 1 is 0.931 bits per heavy atom. The number of hydrogen-bond donors (Lipinski definition) is 0. The topological polar surface area (TPSA) is 41.4 Å². The summed E-state index contributed by atoms with van der Waals surface area (Å²) in [4.78, 5) is 17.2. The molecule has 1 saturated heterocycles. The van der Waals surface area contributed by atoms with Gasteiger partial charge in [-0.25, -0.2) is 9.07 Å². The Kier molecular flexibility index (Phi) is 4.54. The summed E-state index contributed by atoms with van der Waals surface area (Å²) in [5.41, 5.74) is 3.11. The van der Waals surface area contributed by atoms with Gasteiger partial charge in [0.25, 0.3) is 5.91 Å². The smallest absolute Gasteiger partial charge is 0.272 e. The summed E-state index contributed by atoms with van der Waals surface area (Å²) in [7, 11) is 0. The zero-order chi connectivity index (χ0) is 19.8. The van der Waals surface area contributed by atoms with E-state index in [1.165, 1.54) is 6.07 Å². The molecule has 1 aromatic heterocycles. The van der Waals surface area contributed by atoms with Crippen molar-refractivity contribution in [3.05, 3.63) is 77.9 Å². The van der Waals surface area contributed by atoms with E-state index >= 15 is 0 Å². The van der Waals surface area contributed by atoms with Crippen molar-refractivity contribution < 1.29 is 9.18 Å². The Hall–Kier alpha value is -3.15. The predicted octanol–water partition coefficient (Wildman–Crippen LogP) is 3.85. The molecule has 1 aliphatic heterocycles. The van der Waals surface area contributed by atoms with Gasteiger partial charge in [0.2, 0.25) is 0 Å². The lowest BCUT2D eigenvalue weighted by molar-refractivity contribution is 0.0737. The fraction of sp³-hybridized carbons (Fsp3) is 0.304. The highest BCUT2D eigenvalue weighted by atomic mass is 19.1. The van der Waals surface area contributed by atoms with E-state index in [1.807, 2.05) is 52.3 Å². The minimum atomic E-state index is -0.219. The molecule has 1 aliphatic carbocycles. The minimum absolute atomic E-state index is 0.0126. The van der Waals surface area contributed by atoms with E-state index in [-0.39, 0.29) is 11.7 Å². The molecule has 2 aromatic carbocycles. The number of carbonyl (C=O) groups excluding carboxylic acids is 1. The van der Waals surface area contributed by atoms with Crippen molar-refractivity contribution >= 4 is 11.6 Å². The van der Waals surface area contributed by atoms with Crippen LogP contribution in [-0.2, 0) is 0 Å². The lowest BCUT2D eigenvalue weighted by atomic mass is 10.2. The van der Waals surface area contributed by atoms with Gasteiger partial charge in [0.1, 0.15) is 11.5 Å². The van der Waals surface area contributed by atoms with Crippen LogP contribution in [0.2, 0.25) is 0 Å². The number of piperazine rings is 1. The van der Waals surface area contributed by atoms with Crippen molar-refractivity contribution in [3.8, 4) is 5.69 Å². The zero-order valence-corrected chi connectivity index (χ0v) is 16.2. The van der Waals surface area contributed by atoms with Gasteiger partial charge in [-0.3, -0.25) is 4.79 Å². The number of hydrogen-bond acceptors (Lipinski definition) is 3. The van der Waals surface area contributed by atoms with Crippen molar-refractivity contribution in [1.29, 1.82) is 0 Å². The highest BCUT2D eigenvalue weighted by molar-refractivity contribution is 5.93. The minimum Gasteiger partial charge on any atom is -0.366 e. The molecule has 5 nitrogen and oxygen atoms in total. The van der Waals surface area contributed by atoms with Gasteiger partial charge in [0.15, 0.2) is 0 Å². The van der Waals surface area contributed by atoms with E-state index < -0.39 is 0 Å². The van der Waals surface area contributed by atoms with Crippen molar-refractivity contribution in [2.24, 2.45) is 0 Å². The maximum atomic E-state index is 14.1. The summed E-state index contributed by atoms with van der Waals surface area (Å²) in [6.07, 6.45) is 2.28. The first-order valence-electron chi connectivity index (χ1n) is 10.1. The molecule has 2 heterocycles. The maximum Gasteiger partial charge on any atom is 0.272 e. The molecular formula is C23H23FN4O. The Morgan fingerprint density at radius 3 is 2.31 bits per heavy atom. The first kappa shape index (κ1) is 17.9. The van der Waals surface area contributed by atoms with Gasteiger partial charge in [0, 0.05) is 32.1 Å². The Morgan fingerprint density at radius 2 is 1.62 bits per heavy atom. The molecule has 6 heteroatoms. The third kappa shape index (κ3) is 3.50. The standard InChI is InChI=1S/C23H23FN4O/c24-19-8-4-5-9-21(19)26-12-14-27(15-13-26)23(29)22-16-20(17-10-11-17)25-28(22)18-6-2-1-3-7-18/h1-9,16-17H,10-15H2. The van der Waals surface area contributed by atoms with Gasteiger partial charge >= 0.3 is 0 Å². The van der Waals surface area contributed by atoms with Crippen LogP contribution < -0.4 is 4.90 Å². The molecule has 0 unspecified atom stereocenters. The number of para-hydroxylation sites is 2. The average molecular weight is 390 g/mol. The van der Waals surface area contributed by atoms with Crippen LogP contribution >= 0.6 is 0 Å². The molecule has 0 bridgehead atoms. The number of rotatable bonds is 4. The Bertz CT molecular complexity index is 1020. The molecule has 1 amide bonds. The van der Waals surface area contributed by atoms with Crippen LogP contribution in [0, 0.1) is 5.82 Å². The second-order valence-electron chi connectivity index (χ2n) is 7.71. The zero-order valence-electron chi connectivity index (χ0n) is 16.2. The number of benzene rings is 2. The largest absolute Gasteiger partial charge is 0.366 e. The van der Waals surface area contributed by atoms with E-state index in [9.17, 15) is 9.18 Å². The van der Waals surface area contributed by atoms with E-state index in [4.69, 9.17) is 5.10 Å². The number of halogens is 1. The number of anilines is 1. The second kappa shape index (κ2) is 7.35. The summed E-state index contributed by atoms with van der Waals surface area (Å²) in [5.74, 6) is 0.245. The monoisotopic (exact) mass is 390 g/mol. The van der Waals surface area contributed by atoms with E-state index in [1.54, 1.807) is 16.8 Å².